The van der Waals surface area contributed by atoms with E-state index in [1.165, 1.54) is 64.2 Å². The zero-order valence-electron chi connectivity index (χ0n) is 38.0. The molecule has 0 unspecified atom stereocenters. The molecule has 1 saturated heterocycles. The van der Waals surface area contributed by atoms with Crippen molar-refractivity contribution in [2.75, 3.05) is 92.2 Å². The molecule has 0 atom stereocenters. The predicted molar refractivity (Wildman–Crippen MR) is 247 cm³/mol. The molecule has 0 radical (unpaired) electrons. The van der Waals surface area contributed by atoms with Gasteiger partial charge in [-0.3, -0.25) is 19.8 Å². The van der Waals surface area contributed by atoms with Gasteiger partial charge in [-0.1, -0.05) is 90.2 Å². The summed E-state index contributed by atoms with van der Waals surface area (Å²) in [5.41, 5.74) is 4.90. The number of hydrogen-bond acceptors (Lipinski definition) is 12. The van der Waals surface area contributed by atoms with Crippen molar-refractivity contribution in [3.63, 3.8) is 0 Å². The Bertz CT molecular complexity index is 1680. The quantitative estimate of drug-likeness (QED) is 0.0732. The first kappa shape index (κ1) is 49.6. The maximum Gasteiger partial charge on any atom is 0.146 e. The van der Waals surface area contributed by atoms with E-state index in [2.05, 4.69) is 45.7 Å². The van der Waals surface area contributed by atoms with Gasteiger partial charge >= 0.3 is 0 Å². The molecule has 1 aliphatic heterocycles. The molecule has 0 saturated carbocycles. The molecule has 12 nitrogen and oxygen atoms in total. The van der Waals surface area contributed by atoms with Crippen LogP contribution in [-0.4, -0.2) is 122 Å². The first-order valence-electron chi connectivity index (χ1n) is 23.7. The van der Waals surface area contributed by atoms with Crippen LogP contribution in [0.5, 0.6) is 11.5 Å². The van der Waals surface area contributed by atoms with E-state index in [1.807, 2.05) is 24.3 Å². The maximum absolute atomic E-state index is 11.4. The monoisotopic (exact) mass is 861 g/mol. The zero-order chi connectivity index (χ0) is 43.5. The van der Waals surface area contributed by atoms with Crippen LogP contribution in [0.25, 0.3) is 21.8 Å². The number of hydrogen-bond donors (Lipinski definition) is 2. The van der Waals surface area contributed by atoms with E-state index >= 15 is 0 Å². The van der Waals surface area contributed by atoms with E-state index in [1.54, 1.807) is 12.4 Å². The number of phenols is 2. The van der Waals surface area contributed by atoms with Crippen LogP contribution in [0.2, 0.25) is 0 Å². The van der Waals surface area contributed by atoms with Gasteiger partial charge in [0.25, 0.3) is 0 Å². The summed E-state index contributed by atoms with van der Waals surface area (Å²) in [7, 11) is 0. The van der Waals surface area contributed by atoms with Gasteiger partial charge in [0, 0.05) is 86.8 Å². The lowest BCUT2D eigenvalue weighted by atomic mass is 10.0. The Balaban J connectivity index is 1.12. The first-order chi connectivity index (χ1) is 30.6. The van der Waals surface area contributed by atoms with Crippen molar-refractivity contribution >= 4 is 21.8 Å². The summed E-state index contributed by atoms with van der Waals surface area (Å²) in [5, 5.41) is 24.6. The van der Waals surface area contributed by atoms with Crippen molar-refractivity contribution in [1.82, 2.24) is 19.8 Å². The lowest BCUT2D eigenvalue weighted by Gasteiger charge is -2.25. The first-order valence-corrected chi connectivity index (χ1v) is 23.7. The Morgan fingerprint density at radius 1 is 0.500 bits per heavy atom. The second-order valence-corrected chi connectivity index (χ2v) is 16.5. The molecule has 3 heterocycles. The van der Waals surface area contributed by atoms with E-state index in [0.29, 0.717) is 116 Å². The number of phenolic OH excluding ortho intramolecular Hbond substituents is 2. The van der Waals surface area contributed by atoms with Crippen LogP contribution in [0.4, 0.5) is 0 Å². The third kappa shape index (κ3) is 17.3. The molecule has 0 amide bonds. The van der Waals surface area contributed by atoms with Gasteiger partial charge in [-0.15, -0.1) is 0 Å². The highest BCUT2D eigenvalue weighted by molar-refractivity contribution is 5.89. The molecule has 12 heteroatoms. The van der Waals surface area contributed by atoms with E-state index in [4.69, 9.17) is 28.4 Å². The summed E-state index contributed by atoms with van der Waals surface area (Å²) in [6.45, 7) is 14.5. The number of benzene rings is 2. The van der Waals surface area contributed by atoms with E-state index in [-0.39, 0.29) is 11.5 Å². The predicted octanol–water partition coefficient (Wildman–Crippen LogP) is 9.33. The molecule has 344 valence electrons. The highest BCUT2D eigenvalue weighted by Crippen LogP contribution is 2.33. The molecule has 2 aromatic carbocycles. The summed E-state index contributed by atoms with van der Waals surface area (Å²) >= 11 is 0. The van der Waals surface area contributed by atoms with Crippen molar-refractivity contribution in [1.29, 1.82) is 0 Å². The molecular weight excluding hydrogens is 785 g/mol. The smallest absolute Gasteiger partial charge is 0.146 e. The molecule has 62 heavy (non-hydrogen) atoms. The van der Waals surface area contributed by atoms with Crippen LogP contribution < -0.4 is 0 Å². The van der Waals surface area contributed by atoms with Gasteiger partial charge in [0.1, 0.15) is 22.5 Å². The highest BCUT2D eigenvalue weighted by Gasteiger charge is 2.18. The number of fused-ring (bicyclic) bond motifs is 2. The fourth-order valence-electron chi connectivity index (χ4n) is 7.98. The van der Waals surface area contributed by atoms with Gasteiger partial charge in [-0.05, 0) is 48.2 Å². The third-order valence-corrected chi connectivity index (χ3v) is 11.6. The average Bonchev–Trinajstić information content (AvgIpc) is 3.29. The summed E-state index contributed by atoms with van der Waals surface area (Å²) in [5.74, 6) is 0.413. The van der Waals surface area contributed by atoms with Crippen LogP contribution >= 0.6 is 0 Å². The number of aromatic hydroxyl groups is 2. The molecule has 0 spiro atoms. The summed E-state index contributed by atoms with van der Waals surface area (Å²) in [6, 6.07) is 12.0. The highest BCUT2D eigenvalue weighted by atomic mass is 16.5. The summed E-state index contributed by atoms with van der Waals surface area (Å²) < 4.78 is 36.5. The van der Waals surface area contributed by atoms with Crippen molar-refractivity contribution in [2.24, 2.45) is 0 Å². The Morgan fingerprint density at radius 3 is 1.26 bits per heavy atom. The summed E-state index contributed by atoms with van der Waals surface area (Å²) in [6.07, 6.45) is 18.1. The minimum absolute atomic E-state index is 0.207. The molecule has 0 bridgehead atoms. The summed E-state index contributed by atoms with van der Waals surface area (Å²) in [4.78, 5) is 13.6. The normalized spacial score (nSPS) is 16.2. The van der Waals surface area contributed by atoms with Crippen LogP contribution in [0.1, 0.15) is 113 Å². The fraction of sp³-hybridized carbons (Fsp3) is 0.640. The Hall–Kier alpha value is -3.46. The van der Waals surface area contributed by atoms with Gasteiger partial charge in [-0.25, -0.2) is 0 Å². The average molecular weight is 861 g/mol. The van der Waals surface area contributed by atoms with Gasteiger partial charge < -0.3 is 38.6 Å². The molecule has 2 aromatic heterocycles. The van der Waals surface area contributed by atoms with Gasteiger partial charge in [-0.2, -0.15) is 0 Å². The van der Waals surface area contributed by atoms with Gasteiger partial charge in [0.2, 0.25) is 0 Å². The number of ether oxygens (including phenoxy) is 6. The number of aromatic nitrogens is 2. The maximum atomic E-state index is 11.4. The lowest BCUT2D eigenvalue weighted by molar-refractivity contribution is 0.00611. The minimum atomic E-state index is 0.207. The van der Waals surface area contributed by atoms with Crippen LogP contribution in [0.15, 0.2) is 48.8 Å². The second kappa shape index (κ2) is 29.8. The molecule has 4 aromatic rings. The minimum Gasteiger partial charge on any atom is -0.505 e. The number of pyridine rings is 2. The van der Waals surface area contributed by atoms with E-state index < -0.39 is 0 Å². The van der Waals surface area contributed by atoms with Gasteiger partial charge in [0.15, 0.2) is 0 Å². The Labute approximate surface area is 371 Å². The van der Waals surface area contributed by atoms with Crippen LogP contribution in [0, 0.1) is 0 Å². The van der Waals surface area contributed by atoms with Gasteiger partial charge in [0.05, 0.1) is 66.1 Å². The fourth-order valence-corrected chi connectivity index (χ4v) is 7.98. The number of nitrogens with zero attached hydrogens (tertiary/aromatic N) is 4. The largest absolute Gasteiger partial charge is 0.505 e. The van der Waals surface area contributed by atoms with Crippen molar-refractivity contribution < 1.29 is 38.6 Å². The Kier molecular flexibility index (Phi) is 23.8. The molecule has 1 fully saturated rings. The molecule has 2 N–H and O–H groups in total. The SMILES string of the molecule is CCCCCCCCOCc1cc(CN2CCOCCOCCN(Cc3cc(COCCCCCCCC)c4cccnc4c3O)CCOCCOCC2)c(O)c2ncccc12. The molecular formula is C50H76N4O8. The lowest BCUT2D eigenvalue weighted by Crippen LogP contribution is -2.33. The van der Waals surface area contributed by atoms with Crippen molar-refractivity contribution in [3.05, 3.63) is 71.0 Å². The van der Waals surface area contributed by atoms with E-state index in [9.17, 15) is 10.2 Å². The van der Waals surface area contributed by atoms with E-state index in [0.717, 1.165) is 59.1 Å². The zero-order valence-corrected chi connectivity index (χ0v) is 38.0. The second-order valence-electron chi connectivity index (χ2n) is 16.5. The standard InChI is InChI=1S/C50H76N4O8/c1-3-5-7-9-11-13-25-61-39-43-35-41(49(55)47-45(43)17-15-19-51-47)37-53-21-27-57-31-33-59-29-23-54(24-30-60-34-32-58-28-22-53)38-42-36-44(40-62-26-14-12-10-8-6-4-2)46-18-16-20-52-48(46)50(42)56/h15-20,35-36,55-56H,3-14,21-34,37-40H2,1-2H3. The molecule has 1 aliphatic rings. The van der Waals surface area contributed by atoms with Crippen LogP contribution in [-0.2, 0) is 54.7 Å². The molecule has 5 rings (SSSR count). The van der Waals surface area contributed by atoms with Crippen molar-refractivity contribution in [3.8, 4) is 11.5 Å². The topological polar surface area (TPSA) is 128 Å². The third-order valence-electron chi connectivity index (χ3n) is 11.6. The van der Waals surface area contributed by atoms with Crippen molar-refractivity contribution in [2.45, 2.75) is 117 Å². The Morgan fingerprint density at radius 2 is 0.871 bits per heavy atom. The molecule has 0 aliphatic carbocycles. The number of unbranched alkanes of at least 4 members (excludes halogenated alkanes) is 10. The van der Waals surface area contributed by atoms with Crippen LogP contribution in [0.3, 0.4) is 0 Å². The number of rotatable bonds is 22.